The summed E-state index contributed by atoms with van der Waals surface area (Å²) in [5.74, 6) is 0.910. The molecule has 1 heterocycles. The molecule has 1 aliphatic rings. The van der Waals surface area contributed by atoms with Crippen LogP contribution in [0.1, 0.15) is 20.8 Å². The van der Waals surface area contributed by atoms with E-state index in [1.807, 2.05) is 13.8 Å². The van der Waals surface area contributed by atoms with E-state index in [9.17, 15) is 4.79 Å². The van der Waals surface area contributed by atoms with Crippen LogP contribution in [0.4, 0.5) is 0 Å². The summed E-state index contributed by atoms with van der Waals surface area (Å²) in [7, 11) is 0. The van der Waals surface area contributed by atoms with Crippen LogP contribution in [0, 0.1) is 11.8 Å². The number of rotatable bonds is 0. The van der Waals surface area contributed by atoms with Crippen LogP contribution < -0.4 is 5.32 Å². The maximum Gasteiger partial charge on any atom is 0.223 e. The molecule has 52 valence electrons. The number of carbonyl (C=O) groups excluding carboxylic acids is 1. The summed E-state index contributed by atoms with van der Waals surface area (Å²) >= 11 is 0. The number of hydrogen-bond donors (Lipinski definition) is 1. The predicted molar refractivity (Wildman–Crippen MR) is 35.9 cm³/mol. The summed E-state index contributed by atoms with van der Waals surface area (Å²) < 4.78 is 0. The summed E-state index contributed by atoms with van der Waals surface area (Å²) in [5, 5.41) is 2.88. The van der Waals surface area contributed by atoms with Gasteiger partial charge in [-0.3, -0.25) is 4.79 Å². The monoisotopic (exact) mass is 127 g/mol. The molecule has 0 aromatic rings. The Hall–Kier alpha value is -0.530. The molecule has 0 aromatic heterocycles. The van der Waals surface area contributed by atoms with E-state index in [1.165, 1.54) is 0 Å². The van der Waals surface area contributed by atoms with Gasteiger partial charge in [-0.1, -0.05) is 13.8 Å². The van der Waals surface area contributed by atoms with Crippen molar-refractivity contribution in [2.45, 2.75) is 26.8 Å². The van der Waals surface area contributed by atoms with Crippen molar-refractivity contribution in [2.24, 2.45) is 11.8 Å². The van der Waals surface area contributed by atoms with Crippen LogP contribution in [0.15, 0.2) is 0 Å². The summed E-state index contributed by atoms with van der Waals surface area (Å²) in [4.78, 5) is 10.9. The first-order valence-corrected chi connectivity index (χ1v) is 3.43. The maximum absolute atomic E-state index is 10.9. The van der Waals surface area contributed by atoms with E-state index in [1.54, 1.807) is 0 Å². The third kappa shape index (κ3) is 0.934. The van der Waals surface area contributed by atoms with Gasteiger partial charge in [0.25, 0.3) is 0 Å². The van der Waals surface area contributed by atoms with Gasteiger partial charge in [-0.2, -0.15) is 0 Å². The van der Waals surface area contributed by atoms with Gasteiger partial charge in [0.05, 0.1) is 0 Å². The molecule has 1 saturated heterocycles. The van der Waals surface area contributed by atoms with Crippen LogP contribution in [-0.2, 0) is 4.79 Å². The lowest BCUT2D eigenvalue weighted by Crippen LogP contribution is -2.24. The molecule has 0 unspecified atom stereocenters. The molecule has 1 fully saturated rings. The van der Waals surface area contributed by atoms with Gasteiger partial charge < -0.3 is 5.32 Å². The summed E-state index contributed by atoms with van der Waals surface area (Å²) in [6, 6.07) is 0.368. The minimum atomic E-state index is 0.204. The highest BCUT2D eigenvalue weighted by atomic mass is 16.2. The Morgan fingerprint density at radius 3 is 2.00 bits per heavy atom. The molecule has 2 nitrogen and oxygen atoms in total. The Balaban J connectivity index is 2.65. The van der Waals surface area contributed by atoms with Gasteiger partial charge in [0.15, 0.2) is 0 Å². The Labute approximate surface area is 55.6 Å². The van der Waals surface area contributed by atoms with Crippen LogP contribution in [0.2, 0.25) is 0 Å². The molecule has 2 heteroatoms. The molecule has 3 atom stereocenters. The normalized spacial score (nSPS) is 43.0. The second-order valence-electron chi connectivity index (χ2n) is 2.95. The van der Waals surface area contributed by atoms with Crippen molar-refractivity contribution in [3.05, 3.63) is 0 Å². The van der Waals surface area contributed by atoms with E-state index in [-0.39, 0.29) is 11.8 Å². The predicted octanol–water partition coefficient (Wildman–Crippen LogP) is 0.777. The second-order valence-corrected chi connectivity index (χ2v) is 2.95. The Kier molecular flexibility index (Phi) is 1.47. The largest absolute Gasteiger partial charge is 0.353 e. The zero-order chi connectivity index (χ0) is 7.02. The molecule has 9 heavy (non-hydrogen) atoms. The van der Waals surface area contributed by atoms with Crippen molar-refractivity contribution in [1.82, 2.24) is 5.32 Å². The number of nitrogens with one attached hydrogen (secondary N) is 1. The lowest BCUT2D eigenvalue weighted by Gasteiger charge is -2.08. The first-order valence-electron chi connectivity index (χ1n) is 3.43. The first-order chi connectivity index (χ1) is 4.13. The van der Waals surface area contributed by atoms with Crippen molar-refractivity contribution < 1.29 is 4.79 Å². The zero-order valence-electron chi connectivity index (χ0n) is 6.14. The Bertz CT molecular complexity index is 133. The number of hydrogen-bond acceptors (Lipinski definition) is 1. The minimum absolute atomic E-state index is 0.204. The highest BCUT2D eigenvalue weighted by Gasteiger charge is 2.32. The molecule has 0 radical (unpaired) electrons. The molecule has 0 spiro atoms. The minimum Gasteiger partial charge on any atom is -0.353 e. The fourth-order valence-electron chi connectivity index (χ4n) is 1.16. The van der Waals surface area contributed by atoms with Crippen LogP contribution in [-0.4, -0.2) is 11.9 Å². The molecular formula is C7H13NO. The summed E-state index contributed by atoms with van der Waals surface area (Å²) in [6.45, 7) is 6.13. The standard InChI is InChI=1S/C7H13NO/c1-4-5(2)7(9)8-6(4)3/h4-6H,1-3H3,(H,8,9)/t4-,5+,6-/m0/s1. The van der Waals surface area contributed by atoms with Crippen LogP contribution in [0.5, 0.6) is 0 Å². The maximum atomic E-state index is 10.9. The highest BCUT2D eigenvalue weighted by Crippen LogP contribution is 2.21. The van der Waals surface area contributed by atoms with Crippen LogP contribution in [0.25, 0.3) is 0 Å². The van der Waals surface area contributed by atoms with Gasteiger partial charge in [-0.05, 0) is 12.8 Å². The van der Waals surface area contributed by atoms with E-state index < -0.39 is 0 Å². The van der Waals surface area contributed by atoms with Gasteiger partial charge in [-0.15, -0.1) is 0 Å². The average Bonchev–Trinajstić information content (AvgIpc) is 1.98. The van der Waals surface area contributed by atoms with Crippen molar-refractivity contribution in [3.8, 4) is 0 Å². The van der Waals surface area contributed by atoms with E-state index >= 15 is 0 Å². The number of carbonyl (C=O) groups is 1. The molecule has 0 aromatic carbocycles. The van der Waals surface area contributed by atoms with Crippen LogP contribution >= 0.6 is 0 Å². The van der Waals surface area contributed by atoms with E-state index in [0.29, 0.717) is 12.0 Å². The SMILES string of the molecule is C[C@@H]1[C@H](C)NC(=O)[C@@H]1C. The van der Waals surface area contributed by atoms with Crippen molar-refractivity contribution in [2.75, 3.05) is 0 Å². The Morgan fingerprint density at radius 2 is 1.89 bits per heavy atom. The van der Waals surface area contributed by atoms with Crippen LogP contribution in [0.3, 0.4) is 0 Å². The summed E-state index contributed by atoms with van der Waals surface area (Å²) in [6.07, 6.45) is 0. The van der Waals surface area contributed by atoms with E-state index in [0.717, 1.165) is 0 Å². The molecule has 0 saturated carbocycles. The van der Waals surface area contributed by atoms with E-state index in [4.69, 9.17) is 0 Å². The van der Waals surface area contributed by atoms with Gasteiger partial charge in [0, 0.05) is 12.0 Å². The van der Waals surface area contributed by atoms with Crippen molar-refractivity contribution in [1.29, 1.82) is 0 Å². The quantitative estimate of drug-likeness (QED) is 0.512. The fourth-order valence-corrected chi connectivity index (χ4v) is 1.16. The Morgan fingerprint density at radius 1 is 1.33 bits per heavy atom. The molecule has 1 rings (SSSR count). The van der Waals surface area contributed by atoms with Gasteiger partial charge in [-0.25, -0.2) is 0 Å². The van der Waals surface area contributed by atoms with Gasteiger partial charge >= 0.3 is 0 Å². The molecule has 0 bridgehead atoms. The molecule has 1 aliphatic heterocycles. The zero-order valence-corrected chi connectivity index (χ0v) is 6.14. The average molecular weight is 127 g/mol. The third-order valence-electron chi connectivity index (χ3n) is 2.36. The first kappa shape index (κ1) is 6.59. The smallest absolute Gasteiger partial charge is 0.223 e. The molecule has 1 N–H and O–H groups in total. The molecule has 1 amide bonds. The molecule has 0 aliphatic carbocycles. The van der Waals surface area contributed by atoms with Gasteiger partial charge in [0.1, 0.15) is 0 Å². The summed E-state index contributed by atoms with van der Waals surface area (Å²) in [5.41, 5.74) is 0. The number of amides is 1. The lowest BCUT2D eigenvalue weighted by molar-refractivity contribution is -0.122. The second kappa shape index (κ2) is 2.01. The van der Waals surface area contributed by atoms with Gasteiger partial charge in [0.2, 0.25) is 5.91 Å². The topological polar surface area (TPSA) is 29.1 Å². The van der Waals surface area contributed by atoms with E-state index in [2.05, 4.69) is 12.2 Å². The molecular weight excluding hydrogens is 114 g/mol. The fraction of sp³-hybridized carbons (Fsp3) is 0.857. The van der Waals surface area contributed by atoms with Crippen molar-refractivity contribution >= 4 is 5.91 Å². The van der Waals surface area contributed by atoms with Crippen molar-refractivity contribution in [3.63, 3.8) is 0 Å². The third-order valence-corrected chi connectivity index (χ3v) is 2.36. The highest BCUT2D eigenvalue weighted by molar-refractivity contribution is 5.81. The lowest BCUT2D eigenvalue weighted by atomic mass is 9.95.